The molecule has 0 aromatic carbocycles. The van der Waals surface area contributed by atoms with E-state index in [2.05, 4.69) is 43.3 Å². The Labute approximate surface area is 106 Å². The van der Waals surface area contributed by atoms with E-state index < -0.39 is 0 Å². The van der Waals surface area contributed by atoms with Gasteiger partial charge in [0.1, 0.15) is 0 Å². The van der Waals surface area contributed by atoms with Gasteiger partial charge in [-0.15, -0.1) is 0 Å². The number of aliphatic imine (C=N–C) groups is 1. The van der Waals surface area contributed by atoms with Crippen molar-refractivity contribution in [1.82, 2.24) is 10.6 Å². The Bertz CT molecular complexity index is 248. The average molecular weight is 239 g/mol. The Hall–Kier alpha value is -0.730. The van der Waals surface area contributed by atoms with Crippen LogP contribution < -0.4 is 10.6 Å². The summed E-state index contributed by atoms with van der Waals surface area (Å²) < 4.78 is 0. The minimum absolute atomic E-state index is 0.508. The molecular weight excluding hydrogens is 210 g/mol. The second-order valence-electron chi connectivity index (χ2n) is 5.91. The second-order valence-corrected chi connectivity index (χ2v) is 5.91. The molecule has 0 saturated heterocycles. The van der Waals surface area contributed by atoms with Crippen LogP contribution >= 0.6 is 0 Å². The predicted octanol–water partition coefficient (Wildman–Crippen LogP) is 2.77. The SMILES string of the molecule is CN=C(NC(C)CCCC(C)C)NC1CC1C. The number of rotatable bonds is 6. The van der Waals surface area contributed by atoms with Crippen LogP contribution in [0, 0.1) is 11.8 Å². The Kier molecular flexibility index (Phi) is 5.79. The lowest BCUT2D eigenvalue weighted by Gasteiger charge is -2.18. The third kappa shape index (κ3) is 5.94. The van der Waals surface area contributed by atoms with E-state index in [1.54, 1.807) is 0 Å². The molecular formula is C14H29N3. The van der Waals surface area contributed by atoms with Gasteiger partial charge in [-0.3, -0.25) is 4.99 Å². The molecule has 0 heterocycles. The molecule has 0 aromatic rings. The van der Waals surface area contributed by atoms with Gasteiger partial charge in [0.25, 0.3) is 0 Å². The van der Waals surface area contributed by atoms with Crippen LogP contribution in [0.1, 0.15) is 53.4 Å². The molecule has 1 aliphatic carbocycles. The van der Waals surface area contributed by atoms with E-state index in [1.165, 1.54) is 25.7 Å². The first-order chi connectivity index (χ1) is 8.02. The highest BCUT2D eigenvalue weighted by molar-refractivity contribution is 5.80. The number of nitrogens with one attached hydrogen (secondary N) is 2. The maximum Gasteiger partial charge on any atom is 0.191 e. The van der Waals surface area contributed by atoms with Gasteiger partial charge in [0.2, 0.25) is 0 Å². The highest BCUT2D eigenvalue weighted by Gasteiger charge is 2.33. The van der Waals surface area contributed by atoms with E-state index in [1.807, 2.05) is 7.05 Å². The fraction of sp³-hybridized carbons (Fsp3) is 0.929. The molecule has 3 unspecified atom stereocenters. The zero-order valence-corrected chi connectivity index (χ0v) is 12.1. The van der Waals surface area contributed by atoms with E-state index in [9.17, 15) is 0 Å². The van der Waals surface area contributed by atoms with Crippen molar-refractivity contribution in [2.24, 2.45) is 16.8 Å². The number of guanidine groups is 1. The van der Waals surface area contributed by atoms with E-state index in [4.69, 9.17) is 0 Å². The van der Waals surface area contributed by atoms with Crippen molar-refractivity contribution in [3.63, 3.8) is 0 Å². The van der Waals surface area contributed by atoms with Gasteiger partial charge in [-0.05, 0) is 31.6 Å². The van der Waals surface area contributed by atoms with Crippen molar-refractivity contribution in [2.75, 3.05) is 7.05 Å². The lowest BCUT2D eigenvalue weighted by Crippen LogP contribution is -2.43. The third-order valence-electron chi connectivity index (χ3n) is 3.46. The van der Waals surface area contributed by atoms with Gasteiger partial charge in [0, 0.05) is 19.1 Å². The summed E-state index contributed by atoms with van der Waals surface area (Å²) in [6, 6.07) is 1.15. The van der Waals surface area contributed by atoms with E-state index in [0.29, 0.717) is 12.1 Å². The smallest absolute Gasteiger partial charge is 0.191 e. The monoisotopic (exact) mass is 239 g/mol. The molecule has 3 atom stereocenters. The van der Waals surface area contributed by atoms with Crippen molar-refractivity contribution >= 4 is 5.96 Å². The van der Waals surface area contributed by atoms with Crippen molar-refractivity contribution in [3.05, 3.63) is 0 Å². The summed E-state index contributed by atoms with van der Waals surface area (Å²) in [5.74, 6) is 2.59. The van der Waals surface area contributed by atoms with E-state index >= 15 is 0 Å². The lowest BCUT2D eigenvalue weighted by molar-refractivity contribution is 0.491. The van der Waals surface area contributed by atoms with Crippen LogP contribution in [0.2, 0.25) is 0 Å². The molecule has 1 rings (SSSR count). The molecule has 0 spiro atoms. The van der Waals surface area contributed by atoms with Crippen LogP contribution in [0.3, 0.4) is 0 Å². The van der Waals surface area contributed by atoms with Crippen LogP contribution in [0.25, 0.3) is 0 Å². The minimum Gasteiger partial charge on any atom is -0.354 e. The molecule has 0 aliphatic heterocycles. The van der Waals surface area contributed by atoms with Crippen LogP contribution in [-0.2, 0) is 0 Å². The summed E-state index contributed by atoms with van der Waals surface area (Å²) >= 11 is 0. The first-order valence-corrected chi connectivity index (χ1v) is 7.02. The standard InChI is InChI=1S/C14H29N3/c1-10(2)7-6-8-12(4)16-14(15-5)17-13-9-11(13)3/h10-13H,6-9H2,1-5H3,(H2,15,16,17). The maximum atomic E-state index is 4.28. The summed E-state index contributed by atoms with van der Waals surface area (Å²) in [4.78, 5) is 4.28. The van der Waals surface area contributed by atoms with Gasteiger partial charge in [0.15, 0.2) is 5.96 Å². The molecule has 0 bridgehead atoms. The molecule has 1 saturated carbocycles. The summed E-state index contributed by atoms with van der Waals surface area (Å²) in [7, 11) is 1.85. The molecule has 3 heteroatoms. The van der Waals surface area contributed by atoms with Gasteiger partial charge in [-0.25, -0.2) is 0 Å². The quantitative estimate of drug-likeness (QED) is 0.552. The summed E-state index contributed by atoms with van der Waals surface area (Å²) in [6.07, 6.45) is 5.11. The Balaban J connectivity index is 2.16. The summed E-state index contributed by atoms with van der Waals surface area (Å²) in [5.41, 5.74) is 0. The van der Waals surface area contributed by atoms with E-state index in [-0.39, 0.29) is 0 Å². The number of nitrogens with zero attached hydrogens (tertiary/aromatic N) is 1. The largest absolute Gasteiger partial charge is 0.354 e. The fourth-order valence-electron chi connectivity index (χ4n) is 2.01. The van der Waals surface area contributed by atoms with Crippen molar-refractivity contribution < 1.29 is 0 Å². The number of hydrogen-bond donors (Lipinski definition) is 2. The normalized spacial score (nSPS) is 25.9. The fourth-order valence-corrected chi connectivity index (χ4v) is 2.01. The molecule has 1 fully saturated rings. The molecule has 17 heavy (non-hydrogen) atoms. The van der Waals surface area contributed by atoms with Gasteiger partial charge in [0.05, 0.1) is 0 Å². The van der Waals surface area contributed by atoms with Crippen LogP contribution in [0.5, 0.6) is 0 Å². The van der Waals surface area contributed by atoms with Gasteiger partial charge in [-0.2, -0.15) is 0 Å². The number of hydrogen-bond acceptors (Lipinski definition) is 1. The molecule has 0 amide bonds. The van der Waals surface area contributed by atoms with Crippen LogP contribution in [-0.4, -0.2) is 25.1 Å². The van der Waals surface area contributed by atoms with Gasteiger partial charge in [-0.1, -0.05) is 33.6 Å². The van der Waals surface area contributed by atoms with Crippen molar-refractivity contribution in [1.29, 1.82) is 0 Å². The third-order valence-corrected chi connectivity index (χ3v) is 3.46. The second kappa shape index (κ2) is 6.87. The lowest BCUT2D eigenvalue weighted by atomic mass is 10.0. The summed E-state index contributed by atoms with van der Waals surface area (Å²) in [6.45, 7) is 9.08. The Morgan fingerprint density at radius 3 is 2.41 bits per heavy atom. The first-order valence-electron chi connectivity index (χ1n) is 7.02. The van der Waals surface area contributed by atoms with Crippen LogP contribution in [0.15, 0.2) is 4.99 Å². The van der Waals surface area contributed by atoms with Crippen molar-refractivity contribution in [2.45, 2.75) is 65.5 Å². The minimum atomic E-state index is 0.508. The average Bonchev–Trinajstić information content (AvgIpc) is 2.92. The molecule has 2 N–H and O–H groups in total. The zero-order valence-electron chi connectivity index (χ0n) is 12.1. The maximum absolute atomic E-state index is 4.28. The van der Waals surface area contributed by atoms with Gasteiger partial charge < -0.3 is 10.6 Å². The van der Waals surface area contributed by atoms with E-state index in [0.717, 1.165) is 17.8 Å². The Morgan fingerprint density at radius 2 is 1.94 bits per heavy atom. The first kappa shape index (κ1) is 14.3. The molecule has 0 aromatic heterocycles. The molecule has 0 radical (unpaired) electrons. The summed E-state index contributed by atoms with van der Waals surface area (Å²) in [5, 5.41) is 6.93. The predicted molar refractivity (Wildman–Crippen MR) is 75.4 cm³/mol. The topological polar surface area (TPSA) is 36.4 Å². The molecule has 100 valence electrons. The molecule has 3 nitrogen and oxygen atoms in total. The highest BCUT2D eigenvalue weighted by atomic mass is 15.2. The highest BCUT2D eigenvalue weighted by Crippen LogP contribution is 2.28. The van der Waals surface area contributed by atoms with Crippen LogP contribution in [0.4, 0.5) is 0 Å². The van der Waals surface area contributed by atoms with Crippen molar-refractivity contribution in [3.8, 4) is 0 Å². The molecule has 1 aliphatic rings. The Morgan fingerprint density at radius 1 is 1.29 bits per heavy atom. The van der Waals surface area contributed by atoms with Gasteiger partial charge >= 0.3 is 0 Å². The zero-order chi connectivity index (χ0) is 12.8.